The maximum absolute atomic E-state index is 13.4. The van der Waals surface area contributed by atoms with Crippen LogP contribution in [0.2, 0.25) is 0 Å². The molecule has 0 aliphatic rings. The number of H-pyrrole nitrogens is 1. The van der Waals surface area contributed by atoms with Gasteiger partial charge in [-0.25, -0.2) is 4.39 Å². The van der Waals surface area contributed by atoms with Gasteiger partial charge in [0.25, 0.3) is 0 Å². The van der Waals surface area contributed by atoms with Gasteiger partial charge in [-0.1, -0.05) is 0 Å². The van der Waals surface area contributed by atoms with Gasteiger partial charge in [-0.15, -0.1) is 0 Å². The Morgan fingerprint density at radius 3 is 2.88 bits per heavy atom. The van der Waals surface area contributed by atoms with Crippen molar-refractivity contribution in [2.24, 2.45) is 0 Å². The topological polar surface area (TPSA) is 40.7 Å². The molecule has 0 saturated carbocycles. The molecule has 0 amide bonds. The number of nitrogens with zero attached hydrogens (tertiary/aromatic N) is 1. The van der Waals surface area contributed by atoms with Crippen molar-refractivity contribution < 1.29 is 4.39 Å². The number of hydrogen-bond donors (Lipinski definition) is 2. The van der Waals surface area contributed by atoms with Crippen LogP contribution in [0.5, 0.6) is 0 Å². The Kier molecular flexibility index (Phi) is 3.47. The summed E-state index contributed by atoms with van der Waals surface area (Å²) in [4.78, 5) is 0. The molecule has 0 spiro atoms. The molecule has 0 radical (unpaired) electrons. The monoisotopic (exact) mass is 297 g/mol. The summed E-state index contributed by atoms with van der Waals surface area (Å²) in [5.41, 5.74) is 2.74. The molecule has 0 aliphatic heterocycles. The van der Waals surface area contributed by atoms with E-state index < -0.39 is 0 Å². The van der Waals surface area contributed by atoms with Crippen molar-refractivity contribution in [2.45, 2.75) is 19.9 Å². The Morgan fingerprint density at radius 1 is 1.47 bits per heavy atom. The predicted octanol–water partition coefficient (Wildman–Crippen LogP) is 3.79. The minimum Gasteiger partial charge on any atom is -0.377 e. The predicted molar refractivity (Wildman–Crippen MR) is 69.5 cm³/mol. The van der Waals surface area contributed by atoms with Crippen molar-refractivity contribution in [3.63, 3.8) is 0 Å². The lowest BCUT2D eigenvalue weighted by Gasteiger charge is -2.16. The molecule has 3 nitrogen and oxygen atoms in total. The smallest absolute Gasteiger partial charge is 0.139 e. The van der Waals surface area contributed by atoms with Crippen LogP contribution in [0.3, 0.4) is 0 Å². The van der Waals surface area contributed by atoms with E-state index in [1.165, 1.54) is 6.07 Å². The first-order valence-electron chi connectivity index (χ1n) is 5.29. The number of anilines is 1. The first-order valence-corrected chi connectivity index (χ1v) is 6.08. The van der Waals surface area contributed by atoms with Crippen LogP contribution in [0, 0.1) is 12.7 Å². The van der Waals surface area contributed by atoms with Crippen LogP contribution in [0.15, 0.2) is 28.9 Å². The molecule has 5 heteroatoms. The van der Waals surface area contributed by atoms with Crippen molar-refractivity contribution in [3.8, 4) is 0 Å². The zero-order valence-corrected chi connectivity index (χ0v) is 11.2. The van der Waals surface area contributed by atoms with Crippen molar-refractivity contribution in [1.82, 2.24) is 10.2 Å². The lowest BCUT2D eigenvalue weighted by atomic mass is 10.1. The highest BCUT2D eigenvalue weighted by Gasteiger charge is 2.10. The number of aromatic amines is 1. The van der Waals surface area contributed by atoms with Crippen LogP contribution < -0.4 is 5.32 Å². The summed E-state index contributed by atoms with van der Waals surface area (Å²) in [6.45, 7) is 3.93. The molecule has 1 unspecified atom stereocenters. The highest BCUT2D eigenvalue weighted by Crippen LogP contribution is 2.26. The molecule has 0 aliphatic carbocycles. The van der Waals surface area contributed by atoms with E-state index in [9.17, 15) is 4.39 Å². The van der Waals surface area contributed by atoms with E-state index in [0.29, 0.717) is 4.47 Å². The molecule has 1 atom stereocenters. The minimum atomic E-state index is -0.269. The van der Waals surface area contributed by atoms with Crippen LogP contribution in [0.4, 0.5) is 10.1 Å². The third-order valence-corrected chi connectivity index (χ3v) is 3.24. The SMILES string of the molecule is Cc1cc(Br)c(F)cc1NC(C)c1ccn[nH]1. The zero-order valence-electron chi connectivity index (χ0n) is 9.59. The van der Waals surface area contributed by atoms with Gasteiger partial charge in [0.05, 0.1) is 16.2 Å². The summed E-state index contributed by atoms with van der Waals surface area (Å²) < 4.78 is 13.9. The van der Waals surface area contributed by atoms with Gasteiger partial charge in [-0.2, -0.15) is 5.10 Å². The summed E-state index contributed by atoms with van der Waals surface area (Å²) in [5, 5.41) is 10.0. The quantitative estimate of drug-likeness (QED) is 0.905. The van der Waals surface area contributed by atoms with Crippen LogP contribution in [0.1, 0.15) is 24.2 Å². The third-order valence-electron chi connectivity index (χ3n) is 2.63. The van der Waals surface area contributed by atoms with Crippen LogP contribution in [-0.4, -0.2) is 10.2 Å². The Labute approximate surface area is 108 Å². The summed E-state index contributed by atoms with van der Waals surface area (Å²) >= 11 is 3.17. The summed E-state index contributed by atoms with van der Waals surface area (Å²) in [6.07, 6.45) is 1.70. The highest BCUT2D eigenvalue weighted by molar-refractivity contribution is 9.10. The summed E-state index contributed by atoms with van der Waals surface area (Å²) in [5.74, 6) is -0.269. The number of hydrogen-bond acceptors (Lipinski definition) is 2. The van der Waals surface area contributed by atoms with Gasteiger partial charge in [0.1, 0.15) is 5.82 Å². The van der Waals surface area contributed by atoms with Crippen LogP contribution >= 0.6 is 15.9 Å². The molecule has 0 bridgehead atoms. The van der Waals surface area contributed by atoms with E-state index in [-0.39, 0.29) is 11.9 Å². The second-order valence-electron chi connectivity index (χ2n) is 3.96. The van der Waals surface area contributed by atoms with Gasteiger partial charge in [0.15, 0.2) is 0 Å². The Morgan fingerprint density at radius 2 is 2.24 bits per heavy atom. The van der Waals surface area contributed by atoms with Gasteiger partial charge in [0.2, 0.25) is 0 Å². The molecule has 2 N–H and O–H groups in total. The Bertz CT molecular complexity index is 511. The van der Waals surface area contributed by atoms with E-state index in [2.05, 4.69) is 31.4 Å². The van der Waals surface area contributed by atoms with Gasteiger partial charge < -0.3 is 5.32 Å². The molecule has 0 saturated heterocycles. The summed E-state index contributed by atoms with van der Waals surface area (Å²) in [6, 6.07) is 5.20. The first-order chi connectivity index (χ1) is 8.08. The Hall–Kier alpha value is -1.36. The molecule has 90 valence electrons. The van der Waals surface area contributed by atoms with Gasteiger partial charge in [0, 0.05) is 11.9 Å². The highest BCUT2D eigenvalue weighted by atomic mass is 79.9. The van der Waals surface area contributed by atoms with Crippen molar-refractivity contribution in [2.75, 3.05) is 5.32 Å². The van der Waals surface area contributed by atoms with E-state index in [1.807, 2.05) is 19.9 Å². The second-order valence-corrected chi connectivity index (χ2v) is 4.81. The molecule has 17 heavy (non-hydrogen) atoms. The fraction of sp³-hybridized carbons (Fsp3) is 0.250. The van der Waals surface area contributed by atoms with Crippen molar-refractivity contribution >= 4 is 21.6 Å². The molecule has 1 aromatic heterocycles. The van der Waals surface area contributed by atoms with Crippen molar-refractivity contribution in [1.29, 1.82) is 0 Å². The number of rotatable bonds is 3. The van der Waals surface area contributed by atoms with Gasteiger partial charge in [-0.3, -0.25) is 5.10 Å². The molecular weight excluding hydrogens is 285 g/mol. The Balaban J connectivity index is 2.22. The normalized spacial score (nSPS) is 12.5. The van der Waals surface area contributed by atoms with Crippen LogP contribution in [0.25, 0.3) is 0 Å². The minimum absolute atomic E-state index is 0.0526. The van der Waals surface area contributed by atoms with E-state index >= 15 is 0 Å². The average Bonchev–Trinajstić information content (AvgIpc) is 2.79. The third kappa shape index (κ3) is 2.66. The molecule has 0 fully saturated rings. The maximum atomic E-state index is 13.4. The molecule has 2 rings (SSSR count). The van der Waals surface area contributed by atoms with Crippen molar-refractivity contribution in [3.05, 3.63) is 45.9 Å². The average molecular weight is 298 g/mol. The number of benzene rings is 1. The maximum Gasteiger partial charge on any atom is 0.139 e. The number of aromatic nitrogens is 2. The standard InChI is InChI=1S/C12H13BrFN3/c1-7-5-9(13)10(14)6-12(7)16-8(2)11-3-4-15-17-11/h3-6,8,16H,1-2H3,(H,15,17). The van der Waals surface area contributed by atoms with Gasteiger partial charge >= 0.3 is 0 Å². The number of aryl methyl sites for hydroxylation is 1. The number of halogens is 2. The fourth-order valence-electron chi connectivity index (χ4n) is 1.62. The fourth-order valence-corrected chi connectivity index (χ4v) is 2.08. The molecular formula is C12H13BrFN3. The van der Waals surface area contributed by atoms with E-state index in [4.69, 9.17) is 0 Å². The molecule has 1 heterocycles. The lowest BCUT2D eigenvalue weighted by Crippen LogP contribution is -2.08. The summed E-state index contributed by atoms with van der Waals surface area (Å²) in [7, 11) is 0. The second kappa shape index (κ2) is 4.87. The zero-order chi connectivity index (χ0) is 12.4. The van der Waals surface area contributed by atoms with E-state index in [1.54, 1.807) is 12.3 Å². The lowest BCUT2D eigenvalue weighted by molar-refractivity contribution is 0.620. The first kappa shape index (κ1) is 12.1. The van der Waals surface area contributed by atoms with Gasteiger partial charge in [-0.05, 0) is 53.5 Å². The molecule has 1 aromatic carbocycles. The van der Waals surface area contributed by atoms with Crippen LogP contribution in [-0.2, 0) is 0 Å². The molecule has 2 aromatic rings. The largest absolute Gasteiger partial charge is 0.377 e. The number of nitrogens with one attached hydrogen (secondary N) is 2. The van der Waals surface area contributed by atoms with E-state index in [0.717, 1.165) is 16.9 Å².